The van der Waals surface area contributed by atoms with Crippen molar-refractivity contribution < 1.29 is 31.5 Å². The van der Waals surface area contributed by atoms with Crippen molar-refractivity contribution in [3.8, 4) is 5.75 Å². The predicted molar refractivity (Wildman–Crippen MR) is 151 cm³/mol. The quantitative estimate of drug-likeness (QED) is 0.0583. The summed E-state index contributed by atoms with van der Waals surface area (Å²) < 4.78 is 66.8. The topological polar surface area (TPSA) is 26.3 Å². The third-order valence-electron chi connectivity index (χ3n) is 5.62. The molecule has 0 unspecified atom stereocenters. The van der Waals surface area contributed by atoms with Gasteiger partial charge in [0.1, 0.15) is 23.7 Å². The maximum absolute atomic E-state index is 12.8. The highest BCUT2D eigenvalue weighted by molar-refractivity contribution is 9.09. The first-order valence-electron chi connectivity index (χ1n) is 12.7. The van der Waals surface area contributed by atoms with Gasteiger partial charge in [-0.05, 0) is 91.8 Å². The largest absolute Gasteiger partial charge is 0.573 e. The standard InChI is InChI=1S/C19H18F4O2S.C11H14BrF/c20-16-8-5-14(6-9-16)4-2-1-3-11-26-18-10-7-15(13-24)12-17(18)25-19(21,22)23;12-9-3-1-2-4-10-5-7-11(13)8-6-10/h5-10,12-13H,1-4,11H2;5-8H,1-4,9H2. The van der Waals surface area contributed by atoms with Crippen LogP contribution in [0, 0.1) is 11.6 Å². The molecule has 0 amide bonds. The van der Waals surface area contributed by atoms with E-state index in [1.807, 2.05) is 12.1 Å². The van der Waals surface area contributed by atoms with E-state index in [9.17, 15) is 26.7 Å². The molecule has 3 rings (SSSR count). The zero-order valence-corrected chi connectivity index (χ0v) is 23.9. The first-order chi connectivity index (χ1) is 18.7. The van der Waals surface area contributed by atoms with E-state index in [2.05, 4.69) is 20.7 Å². The van der Waals surface area contributed by atoms with E-state index in [-0.39, 0.29) is 22.9 Å². The number of benzene rings is 3. The molecule has 0 saturated carbocycles. The Balaban J connectivity index is 0.000000344. The summed E-state index contributed by atoms with van der Waals surface area (Å²) in [7, 11) is 0. The number of ether oxygens (including phenoxy) is 1. The number of carbonyl (C=O) groups excluding carboxylic acids is 1. The van der Waals surface area contributed by atoms with Crippen LogP contribution in [0.25, 0.3) is 0 Å². The van der Waals surface area contributed by atoms with Crippen molar-refractivity contribution in [2.45, 2.75) is 62.6 Å². The van der Waals surface area contributed by atoms with Gasteiger partial charge in [-0.15, -0.1) is 24.9 Å². The number of hydrogen-bond acceptors (Lipinski definition) is 3. The fourth-order valence-corrected chi connectivity index (χ4v) is 4.99. The van der Waals surface area contributed by atoms with Crippen LogP contribution in [0.3, 0.4) is 0 Å². The van der Waals surface area contributed by atoms with Crippen LogP contribution in [0.5, 0.6) is 5.75 Å². The minimum atomic E-state index is -4.80. The van der Waals surface area contributed by atoms with Crippen molar-refractivity contribution >= 4 is 34.0 Å². The predicted octanol–water partition coefficient (Wildman–Crippen LogP) is 9.98. The maximum Gasteiger partial charge on any atom is 0.573 e. The third-order valence-corrected chi connectivity index (χ3v) is 7.32. The maximum atomic E-state index is 12.8. The van der Waals surface area contributed by atoms with E-state index in [1.54, 1.807) is 12.1 Å². The number of carbonyl (C=O) groups is 1. The Bertz CT molecular complexity index is 1110. The molecule has 39 heavy (non-hydrogen) atoms. The molecular formula is C30H32BrF5O2S. The normalized spacial score (nSPS) is 11.0. The van der Waals surface area contributed by atoms with Gasteiger partial charge < -0.3 is 4.74 Å². The van der Waals surface area contributed by atoms with Crippen LogP contribution < -0.4 is 4.74 Å². The zero-order chi connectivity index (χ0) is 28.5. The second kappa shape index (κ2) is 18.1. The first-order valence-corrected chi connectivity index (χ1v) is 14.8. The van der Waals surface area contributed by atoms with Gasteiger partial charge in [-0.2, -0.15) is 0 Å². The minimum absolute atomic E-state index is 0.132. The van der Waals surface area contributed by atoms with Crippen molar-refractivity contribution in [3.05, 3.63) is 95.1 Å². The molecule has 0 N–H and O–H groups in total. The first kappa shape index (κ1) is 32.8. The molecule has 0 aliphatic rings. The molecule has 0 bridgehead atoms. The van der Waals surface area contributed by atoms with Crippen molar-refractivity contribution in [1.29, 1.82) is 0 Å². The lowest BCUT2D eigenvalue weighted by Gasteiger charge is -2.13. The summed E-state index contributed by atoms with van der Waals surface area (Å²) in [5.41, 5.74) is 2.42. The number of alkyl halides is 4. The summed E-state index contributed by atoms with van der Waals surface area (Å²) in [5.74, 6) is -0.122. The van der Waals surface area contributed by atoms with Crippen LogP contribution in [-0.4, -0.2) is 23.7 Å². The molecule has 3 aromatic rings. The van der Waals surface area contributed by atoms with Crippen molar-refractivity contribution in [3.63, 3.8) is 0 Å². The lowest BCUT2D eigenvalue weighted by molar-refractivity contribution is -0.275. The zero-order valence-electron chi connectivity index (χ0n) is 21.5. The Kier molecular flexibility index (Phi) is 15.2. The molecule has 0 aliphatic heterocycles. The molecule has 0 saturated heterocycles. The fourth-order valence-electron chi connectivity index (χ4n) is 3.61. The molecule has 0 aromatic heterocycles. The minimum Gasteiger partial charge on any atom is -0.405 e. The van der Waals surface area contributed by atoms with Gasteiger partial charge in [0.15, 0.2) is 0 Å². The molecule has 0 fully saturated rings. The van der Waals surface area contributed by atoms with E-state index >= 15 is 0 Å². The number of aryl methyl sites for hydroxylation is 2. The number of rotatable bonds is 14. The molecule has 0 radical (unpaired) electrons. The van der Waals surface area contributed by atoms with Crippen LogP contribution >= 0.6 is 27.7 Å². The summed E-state index contributed by atoms with van der Waals surface area (Å²) in [5, 5.41) is 1.08. The van der Waals surface area contributed by atoms with Gasteiger partial charge in [0, 0.05) is 15.8 Å². The molecule has 0 aliphatic carbocycles. The highest BCUT2D eigenvalue weighted by Gasteiger charge is 2.32. The summed E-state index contributed by atoms with van der Waals surface area (Å²) in [6, 6.07) is 17.2. The SMILES string of the molecule is Fc1ccc(CCCCCBr)cc1.O=Cc1ccc(SCCCCCc2ccc(F)cc2)c(OC(F)(F)F)c1. The van der Waals surface area contributed by atoms with Gasteiger partial charge in [-0.25, -0.2) is 8.78 Å². The number of aldehydes is 1. The summed E-state index contributed by atoms with van der Waals surface area (Å²) in [4.78, 5) is 11.1. The number of hydrogen-bond donors (Lipinski definition) is 0. The van der Waals surface area contributed by atoms with Gasteiger partial charge in [0.05, 0.1) is 0 Å². The van der Waals surface area contributed by atoms with Crippen LogP contribution in [0.1, 0.15) is 60.0 Å². The molecule has 0 spiro atoms. The Morgan fingerprint density at radius 2 is 1.28 bits per heavy atom. The van der Waals surface area contributed by atoms with Crippen LogP contribution in [-0.2, 0) is 12.8 Å². The summed E-state index contributed by atoms with van der Waals surface area (Å²) in [6.45, 7) is 0. The van der Waals surface area contributed by atoms with E-state index in [0.29, 0.717) is 16.9 Å². The van der Waals surface area contributed by atoms with Crippen LogP contribution in [0.4, 0.5) is 22.0 Å². The van der Waals surface area contributed by atoms with E-state index < -0.39 is 6.36 Å². The molecule has 0 atom stereocenters. The van der Waals surface area contributed by atoms with E-state index in [1.165, 1.54) is 73.0 Å². The van der Waals surface area contributed by atoms with Crippen molar-refractivity contribution in [2.24, 2.45) is 0 Å². The molecular weight excluding hydrogens is 599 g/mol. The fraction of sp³-hybridized carbons (Fsp3) is 0.367. The lowest BCUT2D eigenvalue weighted by atomic mass is 10.1. The highest BCUT2D eigenvalue weighted by atomic mass is 79.9. The van der Waals surface area contributed by atoms with Gasteiger partial charge in [-0.1, -0.05) is 59.1 Å². The van der Waals surface area contributed by atoms with Crippen molar-refractivity contribution in [1.82, 2.24) is 0 Å². The molecule has 2 nitrogen and oxygen atoms in total. The average molecular weight is 632 g/mol. The highest BCUT2D eigenvalue weighted by Crippen LogP contribution is 2.34. The van der Waals surface area contributed by atoms with Gasteiger partial charge in [0.2, 0.25) is 0 Å². The Morgan fingerprint density at radius 3 is 1.77 bits per heavy atom. The van der Waals surface area contributed by atoms with E-state index in [0.717, 1.165) is 49.1 Å². The smallest absolute Gasteiger partial charge is 0.405 e. The number of unbranched alkanes of at least 4 members (excludes halogenated alkanes) is 4. The van der Waals surface area contributed by atoms with Crippen LogP contribution in [0.2, 0.25) is 0 Å². The Labute approximate surface area is 239 Å². The molecule has 212 valence electrons. The Morgan fingerprint density at radius 1 is 0.744 bits per heavy atom. The second-order valence-electron chi connectivity index (χ2n) is 8.78. The van der Waals surface area contributed by atoms with E-state index in [4.69, 9.17) is 0 Å². The molecule has 3 aromatic carbocycles. The Hall–Kier alpha value is -2.39. The second-order valence-corrected chi connectivity index (χ2v) is 10.7. The van der Waals surface area contributed by atoms with Crippen molar-refractivity contribution in [2.75, 3.05) is 11.1 Å². The molecule has 0 heterocycles. The van der Waals surface area contributed by atoms with Gasteiger partial charge in [-0.3, -0.25) is 4.79 Å². The lowest BCUT2D eigenvalue weighted by Crippen LogP contribution is -2.17. The molecule has 9 heteroatoms. The number of thioether (sulfide) groups is 1. The summed E-state index contributed by atoms with van der Waals surface area (Å²) in [6.07, 6.45) is 3.88. The summed E-state index contributed by atoms with van der Waals surface area (Å²) >= 11 is 4.66. The third kappa shape index (κ3) is 14.5. The average Bonchev–Trinajstić information content (AvgIpc) is 2.91. The van der Waals surface area contributed by atoms with Crippen LogP contribution in [0.15, 0.2) is 71.6 Å². The number of halogens is 6. The van der Waals surface area contributed by atoms with Gasteiger partial charge >= 0.3 is 6.36 Å². The monoisotopic (exact) mass is 630 g/mol. The van der Waals surface area contributed by atoms with Gasteiger partial charge in [0.25, 0.3) is 0 Å².